The van der Waals surface area contributed by atoms with Crippen molar-refractivity contribution in [2.45, 2.75) is 45.6 Å². The summed E-state index contributed by atoms with van der Waals surface area (Å²) in [6.45, 7) is 4.76. The molecular formula is C22H26N2O2. The number of benzene rings is 2. The Balaban J connectivity index is 1.50. The van der Waals surface area contributed by atoms with Crippen LogP contribution in [-0.4, -0.2) is 24.4 Å². The number of hydrogen-bond donors (Lipinski definition) is 1. The second-order valence-electron chi connectivity index (χ2n) is 7.01. The van der Waals surface area contributed by atoms with Gasteiger partial charge in [-0.2, -0.15) is 0 Å². The summed E-state index contributed by atoms with van der Waals surface area (Å²) in [6, 6.07) is 15.8. The van der Waals surface area contributed by atoms with Gasteiger partial charge in [0.05, 0.1) is 0 Å². The van der Waals surface area contributed by atoms with Crippen LogP contribution in [0.1, 0.15) is 36.0 Å². The number of aryl methyl sites for hydroxylation is 3. The molecule has 4 nitrogen and oxygen atoms in total. The van der Waals surface area contributed by atoms with Crippen LogP contribution in [0.15, 0.2) is 48.5 Å². The van der Waals surface area contributed by atoms with E-state index in [0.29, 0.717) is 19.4 Å². The molecule has 136 valence electrons. The number of anilines is 1. The summed E-state index contributed by atoms with van der Waals surface area (Å²) in [5.41, 5.74) is 4.53. The van der Waals surface area contributed by atoms with Gasteiger partial charge < -0.3 is 10.2 Å². The molecule has 1 fully saturated rings. The van der Waals surface area contributed by atoms with Crippen molar-refractivity contribution in [3.63, 3.8) is 0 Å². The first-order valence-corrected chi connectivity index (χ1v) is 9.26. The lowest BCUT2D eigenvalue weighted by molar-refractivity contribution is -0.126. The van der Waals surface area contributed by atoms with Crippen LogP contribution in [0.2, 0.25) is 0 Å². The maximum absolute atomic E-state index is 12.6. The first-order valence-electron chi connectivity index (χ1n) is 9.26. The summed E-state index contributed by atoms with van der Waals surface area (Å²) < 4.78 is 0. The largest absolute Gasteiger partial charge is 0.344 e. The SMILES string of the molecule is Cc1ccc(N2CC[C@@H](NC(=O)CCCc3ccccc3)C2=O)cc1C. The molecule has 1 aliphatic rings. The Morgan fingerprint density at radius 3 is 2.62 bits per heavy atom. The van der Waals surface area contributed by atoms with E-state index < -0.39 is 6.04 Å². The molecule has 1 saturated heterocycles. The molecule has 2 amide bonds. The van der Waals surface area contributed by atoms with E-state index in [1.165, 1.54) is 16.7 Å². The highest BCUT2D eigenvalue weighted by molar-refractivity contribution is 6.01. The fourth-order valence-corrected chi connectivity index (χ4v) is 3.33. The third-order valence-corrected chi connectivity index (χ3v) is 5.06. The molecule has 0 radical (unpaired) electrons. The summed E-state index contributed by atoms with van der Waals surface area (Å²) in [5, 5.41) is 2.91. The zero-order chi connectivity index (χ0) is 18.5. The first-order chi connectivity index (χ1) is 12.5. The van der Waals surface area contributed by atoms with E-state index in [1.54, 1.807) is 4.90 Å². The van der Waals surface area contributed by atoms with E-state index in [2.05, 4.69) is 24.4 Å². The number of carbonyl (C=O) groups excluding carboxylic acids is 2. The molecule has 4 heteroatoms. The van der Waals surface area contributed by atoms with Crippen molar-refractivity contribution in [2.24, 2.45) is 0 Å². The quantitative estimate of drug-likeness (QED) is 0.866. The van der Waals surface area contributed by atoms with Crippen molar-refractivity contribution in [1.82, 2.24) is 5.32 Å². The average molecular weight is 350 g/mol. The van der Waals surface area contributed by atoms with Gasteiger partial charge in [0, 0.05) is 18.7 Å². The van der Waals surface area contributed by atoms with Crippen LogP contribution in [0.25, 0.3) is 0 Å². The molecule has 1 N–H and O–H groups in total. The number of hydrogen-bond acceptors (Lipinski definition) is 2. The Morgan fingerprint density at radius 1 is 1.12 bits per heavy atom. The van der Waals surface area contributed by atoms with Crippen LogP contribution in [-0.2, 0) is 16.0 Å². The number of carbonyl (C=O) groups is 2. The zero-order valence-corrected chi connectivity index (χ0v) is 15.5. The van der Waals surface area contributed by atoms with Crippen LogP contribution >= 0.6 is 0 Å². The minimum atomic E-state index is -0.402. The van der Waals surface area contributed by atoms with Gasteiger partial charge in [-0.05, 0) is 61.9 Å². The van der Waals surface area contributed by atoms with Gasteiger partial charge in [-0.25, -0.2) is 0 Å². The van der Waals surface area contributed by atoms with Crippen LogP contribution in [0, 0.1) is 13.8 Å². The Hall–Kier alpha value is -2.62. The highest BCUT2D eigenvalue weighted by Crippen LogP contribution is 2.24. The molecule has 1 atom stereocenters. The maximum atomic E-state index is 12.6. The molecule has 0 aromatic heterocycles. The van der Waals surface area contributed by atoms with Gasteiger partial charge in [-0.15, -0.1) is 0 Å². The number of rotatable bonds is 6. The number of nitrogens with zero attached hydrogens (tertiary/aromatic N) is 1. The van der Waals surface area contributed by atoms with Gasteiger partial charge >= 0.3 is 0 Å². The van der Waals surface area contributed by atoms with Gasteiger partial charge in [0.15, 0.2) is 0 Å². The molecule has 0 bridgehead atoms. The second-order valence-corrected chi connectivity index (χ2v) is 7.01. The molecule has 3 rings (SSSR count). The maximum Gasteiger partial charge on any atom is 0.249 e. The van der Waals surface area contributed by atoms with Crippen molar-refractivity contribution in [3.8, 4) is 0 Å². The monoisotopic (exact) mass is 350 g/mol. The van der Waals surface area contributed by atoms with E-state index in [1.807, 2.05) is 43.3 Å². The van der Waals surface area contributed by atoms with Crippen LogP contribution in [0.4, 0.5) is 5.69 Å². The highest BCUT2D eigenvalue weighted by atomic mass is 16.2. The molecule has 0 aliphatic carbocycles. The molecule has 0 spiro atoms. The lowest BCUT2D eigenvalue weighted by atomic mass is 10.1. The zero-order valence-electron chi connectivity index (χ0n) is 15.5. The van der Waals surface area contributed by atoms with Gasteiger partial charge in [-0.3, -0.25) is 9.59 Å². The van der Waals surface area contributed by atoms with Crippen LogP contribution in [0.5, 0.6) is 0 Å². The smallest absolute Gasteiger partial charge is 0.249 e. The van der Waals surface area contributed by atoms with E-state index >= 15 is 0 Å². The predicted molar refractivity (Wildman–Crippen MR) is 104 cm³/mol. The molecule has 0 unspecified atom stereocenters. The Morgan fingerprint density at radius 2 is 1.88 bits per heavy atom. The Labute approximate surface area is 155 Å². The summed E-state index contributed by atoms with van der Waals surface area (Å²) in [7, 11) is 0. The number of nitrogens with one attached hydrogen (secondary N) is 1. The molecule has 2 aromatic rings. The fourth-order valence-electron chi connectivity index (χ4n) is 3.33. The van der Waals surface area contributed by atoms with Gasteiger partial charge in [0.1, 0.15) is 6.04 Å². The normalized spacial score (nSPS) is 16.8. The van der Waals surface area contributed by atoms with Crippen molar-refractivity contribution >= 4 is 17.5 Å². The topological polar surface area (TPSA) is 49.4 Å². The molecule has 2 aromatic carbocycles. The van der Waals surface area contributed by atoms with Crippen molar-refractivity contribution < 1.29 is 9.59 Å². The molecule has 1 heterocycles. The molecule has 1 aliphatic heterocycles. The Kier molecular flexibility index (Phi) is 5.71. The van der Waals surface area contributed by atoms with Crippen LogP contribution in [0.3, 0.4) is 0 Å². The van der Waals surface area contributed by atoms with E-state index in [4.69, 9.17) is 0 Å². The van der Waals surface area contributed by atoms with Gasteiger partial charge in [-0.1, -0.05) is 36.4 Å². The summed E-state index contributed by atoms with van der Waals surface area (Å²) in [4.78, 5) is 26.6. The third-order valence-electron chi connectivity index (χ3n) is 5.06. The lowest BCUT2D eigenvalue weighted by Crippen LogP contribution is -2.41. The summed E-state index contributed by atoms with van der Waals surface area (Å²) >= 11 is 0. The third kappa shape index (κ3) is 4.31. The first kappa shape index (κ1) is 18.2. The minimum absolute atomic E-state index is 0.00957. The molecular weight excluding hydrogens is 324 g/mol. The summed E-state index contributed by atoms with van der Waals surface area (Å²) in [6.07, 6.45) is 2.78. The lowest BCUT2D eigenvalue weighted by Gasteiger charge is -2.18. The Bertz CT molecular complexity index is 786. The van der Waals surface area contributed by atoms with E-state index in [0.717, 1.165) is 18.5 Å². The van der Waals surface area contributed by atoms with E-state index in [-0.39, 0.29) is 11.8 Å². The predicted octanol–water partition coefficient (Wildman–Crippen LogP) is 3.55. The number of amides is 2. The minimum Gasteiger partial charge on any atom is -0.344 e. The summed E-state index contributed by atoms with van der Waals surface area (Å²) in [5.74, 6) is -0.0501. The van der Waals surface area contributed by atoms with Crippen molar-refractivity contribution in [1.29, 1.82) is 0 Å². The van der Waals surface area contributed by atoms with Crippen molar-refractivity contribution in [2.75, 3.05) is 11.4 Å². The molecule has 0 saturated carbocycles. The fraction of sp³-hybridized carbons (Fsp3) is 0.364. The van der Waals surface area contributed by atoms with Crippen LogP contribution < -0.4 is 10.2 Å². The molecule has 26 heavy (non-hydrogen) atoms. The van der Waals surface area contributed by atoms with Gasteiger partial charge in [0.2, 0.25) is 11.8 Å². The van der Waals surface area contributed by atoms with Gasteiger partial charge in [0.25, 0.3) is 0 Å². The van der Waals surface area contributed by atoms with Crippen molar-refractivity contribution in [3.05, 3.63) is 65.2 Å². The average Bonchev–Trinajstić information content (AvgIpc) is 2.99. The standard InChI is InChI=1S/C22H26N2O2/c1-16-11-12-19(15-17(16)2)24-14-13-20(22(24)26)23-21(25)10-6-9-18-7-4-3-5-8-18/h3-5,7-8,11-12,15,20H,6,9-10,13-14H2,1-2H3,(H,23,25)/t20-/m1/s1. The van der Waals surface area contributed by atoms with E-state index in [9.17, 15) is 9.59 Å². The second kappa shape index (κ2) is 8.17. The highest BCUT2D eigenvalue weighted by Gasteiger charge is 2.33.